The first-order valence-corrected chi connectivity index (χ1v) is 6.69. The van der Waals surface area contributed by atoms with Crippen molar-refractivity contribution in [1.29, 1.82) is 0 Å². The van der Waals surface area contributed by atoms with Crippen LogP contribution >= 0.6 is 11.6 Å². The Morgan fingerprint density at radius 1 is 1.17 bits per heavy atom. The van der Waals surface area contributed by atoms with Crippen molar-refractivity contribution in [3.8, 4) is 0 Å². The molecule has 1 aliphatic rings. The lowest BCUT2D eigenvalue weighted by molar-refractivity contribution is -0.142. The minimum absolute atomic E-state index is 0.00718. The number of nitrogens with zero attached hydrogens (tertiary/aromatic N) is 1. The van der Waals surface area contributed by atoms with Crippen molar-refractivity contribution >= 4 is 11.6 Å². The molecule has 0 spiro atoms. The molecule has 0 aromatic carbocycles. The molecule has 0 atom stereocenters. The molecule has 18 heavy (non-hydrogen) atoms. The van der Waals surface area contributed by atoms with Gasteiger partial charge in [0.25, 0.3) is 0 Å². The summed E-state index contributed by atoms with van der Waals surface area (Å²) in [4.78, 5) is 3.68. The van der Waals surface area contributed by atoms with Crippen molar-refractivity contribution in [1.82, 2.24) is 4.98 Å². The largest absolute Gasteiger partial charge is 0.433 e. The molecule has 1 fully saturated rings. The van der Waals surface area contributed by atoms with Gasteiger partial charge in [-0.1, -0.05) is 25.3 Å². The van der Waals surface area contributed by atoms with Crippen molar-refractivity contribution in [2.45, 2.75) is 50.1 Å². The number of rotatable bonds is 2. The highest BCUT2D eigenvalue weighted by Gasteiger charge is 2.37. The third-order valence-electron chi connectivity index (χ3n) is 3.43. The molecule has 0 N–H and O–H groups in total. The molecule has 0 saturated heterocycles. The van der Waals surface area contributed by atoms with E-state index in [0.29, 0.717) is 5.56 Å². The quantitative estimate of drug-likeness (QED) is 0.702. The summed E-state index contributed by atoms with van der Waals surface area (Å²) >= 11 is 5.56. The van der Waals surface area contributed by atoms with Gasteiger partial charge < -0.3 is 0 Å². The molecule has 0 bridgehead atoms. The highest BCUT2D eigenvalue weighted by molar-refractivity contribution is 6.16. The molecular formula is C13H15ClF3N. The molecular weight excluding hydrogens is 263 g/mol. The van der Waals surface area contributed by atoms with Gasteiger partial charge >= 0.3 is 6.18 Å². The van der Waals surface area contributed by atoms with Crippen LogP contribution < -0.4 is 0 Å². The van der Waals surface area contributed by atoms with Crippen LogP contribution in [-0.4, -0.2) is 4.98 Å². The van der Waals surface area contributed by atoms with E-state index in [9.17, 15) is 13.2 Å². The summed E-state index contributed by atoms with van der Waals surface area (Å²) in [7, 11) is 0. The zero-order chi connectivity index (χ0) is 13.2. The maximum absolute atomic E-state index is 13.0. The van der Waals surface area contributed by atoms with Crippen molar-refractivity contribution < 1.29 is 13.2 Å². The predicted molar refractivity (Wildman–Crippen MR) is 64.6 cm³/mol. The smallest absolute Gasteiger partial charge is 0.247 e. The highest BCUT2D eigenvalue weighted by Crippen LogP contribution is 2.39. The summed E-state index contributed by atoms with van der Waals surface area (Å²) in [6.07, 6.45) is 0.369. The van der Waals surface area contributed by atoms with Crippen LogP contribution in [-0.2, 0) is 12.1 Å². The lowest BCUT2D eigenvalue weighted by Crippen LogP contribution is -2.17. The fourth-order valence-electron chi connectivity index (χ4n) is 2.55. The second-order valence-electron chi connectivity index (χ2n) is 4.71. The van der Waals surface area contributed by atoms with E-state index in [1.54, 1.807) is 12.1 Å². The molecule has 1 nitrogen and oxygen atoms in total. The van der Waals surface area contributed by atoms with Crippen LogP contribution in [0.1, 0.15) is 55.0 Å². The van der Waals surface area contributed by atoms with Gasteiger partial charge in [0, 0.05) is 0 Å². The zero-order valence-corrected chi connectivity index (χ0v) is 10.7. The van der Waals surface area contributed by atoms with Crippen LogP contribution in [0.3, 0.4) is 0 Å². The van der Waals surface area contributed by atoms with Crippen molar-refractivity contribution in [3.63, 3.8) is 0 Å². The molecule has 2 rings (SSSR count). The summed E-state index contributed by atoms with van der Waals surface area (Å²) in [6, 6.07) is 3.16. The number of hydrogen-bond acceptors (Lipinski definition) is 1. The first-order chi connectivity index (χ1) is 8.52. The molecule has 0 unspecified atom stereocenters. The lowest BCUT2D eigenvalue weighted by atomic mass is 9.83. The Balaban J connectivity index is 2.38. The van der Waals surface area contributed by atoms with E-state index in [1.807, 2.05) is 0 Å². The summed E-state index contributed by atoms with van der Waals surface area (Å²) in [5.41, 5.74) is -0.118. The van der Waals surface area contributed by atoms with Crippen LogP contribution in [0.5, 0.6) is 0 Å². The zero-order valence-electron chi connectivity index (χ0n) is 9.93. The van der Waals surface area contributed by atoms with E-state index in [1.165, 1.54) is 0 Å². The second kappa shape index (κ2) is 5.47. The normalized spacial score (nSPS) is 18.0. The molecule has 1 heterocycles. The average Bonchev–Trinajstić information content (AvgIpc) is 2.38. The van der Waals surface area contributed by atoms with E-state index < -0.39 is 11.9 Å². The summed E-state index contributed by atoms with van der Waals surface area (Å²) in [5.74, 6) is 0.000788. The van der Waals surface area contributed by atoms with Gasteiger partial charge in [-0.3, -0.25) is 0 Å². The van der Waals surface area contributed by atoms with Crippen molar-refractivity contribution in [2.24, 2.45) is 0 Å². The molecule has 0 radical (unpaired) electrons. The molecule has 0 amide bonds. The van der Waals surface area contributed by atoms with Crippen LogP contribution in [0.25, 0.3) is 0 Å². The Hall–Kier alpha value is -0.770. The van der Waals surface area contributed by atoms with Gasteiger partial charge in [0.2, 0.25) is 0 Å². The van der Waals surface area contributed by atoms with E-state index in [4.69, 9.17) is 11.6 Å². The van der Waals surface area contributed by atoms with Gasteiger partial charge in [0.05, 0.1) is 11.6 Å². The molecule has 5 heteroatoms. The molecule has 1 aromatic rings. The molecule has 1 aromatic heterocycles. The fraction of sp³-hybridized carbons (Fsp3) is 0.615. The number of hydrogen-bond donors (Lipinski definition) is 0. The molecule has 100 valence electrons. The minimum Gasteiger partial charge on any atom is -0.247 e. The minimum atomic E-state index is -4.39. The van der Waals surface area contributed by atoms with Crippen molar-refractivity contribution in [3.05, 3.63) is 29.1 Å². The maximum Gasteiger partial charge on any atom is 0.433 e. The third-order valence-corrected chi connectivity index (χ3v) is 3.71. The number of halogens is 4. The summed E-state index contributed by atoms with van der Waals surface area (Å²) < 4.78 is 39.0. The first-order valence-electron chi connectivity index (χ1n) is 6.15. The summed E-state index contributed by atoms with van der Waals surface area (Å²) in [6.45, 7) is 0. The van der Waals surface area contributed by atoms with Gasteiger partial charge in [-0.05, 0) is 30.4 Å². The SMILES string of the molecule is FC(F)(F)c1nc(CCl)ccc1C1CCCCC1. The van der Waals surface area contributed by atoms with E-state index in [-0.39, 0.29) is 17.5 Å². The average molecular weight is 278 g/mol. The van der Waals surface area contributed by atoms with Crippen LogP contribution in [0, 0.1) is 0 Å². The molecule has 0 aliphatic heterocycles. The van der Waals surface area contributed by atoms with E-state index in [2.05, 4.69) is 4.98 Å². The van der Waals surface area contributed by atoms with Gasteiger partial charge in [-0.2, -0.15) is 13.2 Å². The van der Waals surface area contributed by atoms with E-state index in [0.717, 1.165) is 32.1 Å². The van der Waals surface area contributed by atoms with Gasteiger partial charge in [0.15, 0.2) is 0 Å². The predicted octanol–water partition coefficient (Wildman–Crippen LogP) is 4.89. The highest BCUT2D eigenvalue weighted by atomic mass is 35.5. The molecule has 1 aliphatic carbocycles. The third kappa shape index (κ3) is 2.97. The standard InChI is InChI=1S/C13H15ClF3N/c14-8-10-6-7-11(9-4-2-1-3-5-9)12(18-10)13(15,16)17/h6-7,9H,1-5,8H2. The van der Waals surface area contributed by atoms with Crippen LogP contribution in [0.2, 0.25) is 0 Å². The van der Waals surface area contributed by atoms with E-state index >= 15 is 0 Å². The van der Waals surface area contributed by atoms with Crippen LogP contribution in [0.4, 0.5) is 13.2 Å². The summed E-state index contributed by atoms with van der Waals surface area (Å²) in [5, 5.41) is 0. The monoisotopic (exact) mass is 277 g/mol. The van der Waals surface area contributed by atoms with Gasteiger partial charge in [-0.25, -0.2) is 4.98 Å². The Bertz CT molecular complexity index is 411. The van der Waals surface area contributed by atoms with Crippen LogP contribution in [0.15, 0.2) is 12.1 Å². The Morgan fingerprint density at radius 2 is 1.83 bits per heavy atom. The Kier molecular flexibility index (Phi) is 4.15. The van der Waals surface area contributed by atoms with Crippen molar-refractivity contribution in [2.75, 3.05) is 0 Å². The second-order valence-corrected chi connectivity index (χ2v) is 4.97. The maximum atomic E-state index is 13.0. The number of aromatic nitrogens is 1. The molecule has 1 saturated carbocycles. The Labute approximate surface area is 109 Å². The van der Waals surface area contributed by atoms with Gasteiger partial charge in [0.1, 0.15) is 5.69 Å². The topological polar surface area (TPSA) is 12.9 Å². The lowest BCUT2D eigenvalue weighted by Gasteiger charge is -2.24. The fourth-order valence-corrected chi connectivity index (χ4v) is 2.70. The first kappa shape index (κ1) is 13.7. The Morgan fingerprint density at radius 3 is 2.39 bits per heavy atom. The number of alkyl halides is 4. The van der Waals surface area contributed by atoms with Gasteiger partial charge in [-0.15, -0.1) is 11.6 Å². The number of pyridine rings is 1.